The number of para-hydroxylation sites is 1. The molecule has 1 aliphatic rings. The highest BCUT2D eigenvalue weighted by Crippen LogP contribution is 2.26. The third-order valence-corrected chi connectivity index (χ3v) is 4.87. The van der Waals surface area contributed by atoms with E-state index < -0.39 is 0 Å². The van der Waals surface area contributed by atoms with Crippen LogP contribution in [0.25, 0.3) is 0 Å². The van der Waals surface area contributed by atoms with Crippen LogP contribution >= 0.6 is 15.9 Å². The summed E-state index contributed by atoms with van der Waals surface area (Å²) in [5, 5.41) is 7.34. The van der Waals surface area contributed by atoms with Crippen LogP contribution in [0.15, 0.2) is 39.7 Å². The molecule has 1 N–H and O–H groups in total. The van der Waals surface area contributed by atoms with Gasteiger partial charge in [0.2, 0.25) is 0 Å². The molecule has 1 aromatic heterocycles. The van der Waals surface area contributed by atoms with Crippen LogP contribution in [0.5, 0.6) is 0 Å². The van der Waals surface area contributed by atoms with E-state index in [0.29, 0.717) is 10.2 Å². The second-order valence-corrected chi connectivity index (χ2v) is 6.45. The molecule has 0 aliphatic carbocycles. The van der Waals surface area contributed by atoms with Crippen molar-refractivity contribution in [3.8, 4) is 0 Å². The SMILES string of the molecule is Cn1ncc(N2CCC(Nc3ccccc3F)CC2)c(Br)c1=O. The lowest BCUT2D eigenvalue weighted by molar-refractivity contribution is 0.520. The Morgan fingerprint density at radius 3 is 2.70 bits per heavy atom. The average molecular weight is 381 g/mol. The summed E-state index contributed by atoms with van der Waals surface area (Å²) in [5.41, 5.74) is 1.22. The predicted molar refractivity (Wildman–Crippen MR) is 92.4 cm³/mol. The number of aromatic nitrogens is 2. The zero-order valence-electron chi connectivity index (χ0n) is 12.8. The number of hydrogen-bond donors (Lipinski definition) is 1. The van der Waals surface area contributed by atoms with E-state index in [1.165, 1.54) is 10.7 Å². The molecule has 1 fully saturated rings. The standard InChI is InChI=1S/C16H18BrFN4O/c1-21-16(23)15(17)14(10-19-21)22-8-6-11(7-9-22)20-13-5-3-2-4-12(13)18/h2-5,10-11,20H,6-9H2,1H3. The number of anilines is 2. The van der Waals surface area contributed by atoms with Gasteiger partial charge in [-0.15, -0.1) is 0 Å². The fourth-order valence-electron chi connectivity index (χ4n) is 2.79. The van der Waals surface area contributed by atoms with Crippen molar-refractivity contribution < 1.29 is 4.39 Å². The van der Waals surface area contributed by atoms with Gasteiger partial charge in [0.15, 0.2) is 0 Å². The lowest BCUT2D eigenvalue weighted by Crippen LogP contribution is -2.40. The lowest BCUT2D eigenvalue weighted by Gasteiger charge is -2.34. The normalized spacial score (nSPS) is 15.7. The number of piperidine rings is 1. The van der Waals surface area contributed by atoms with E-state index in [4.69, 9.17) is 0 Å². The van der Waals surface area contributed by atoms with Gasteiger partial charge < -0.3 is 10.2 Å². The first-order valence-corrected chi connectivity index (χ1v) is 8.33. The summed E-state index contributed by atoms with van der Waals surface area (Å²) in [6.07, 6.45) is 3.45. The summed E-state index contributed by atoms with van der Waals surface area (Å²) >= 11 is 3.36. The van der Waals surface area contributed by atoms with Crippen LogP contribution in [0.1, 0.15) is 12.8 Å². The number of aryl methyl sites for hydroxylation is 1. The topological polar surface area (TPSA) is 50.2 Å². The lowest BCUT2D eigenvalue weighted by atomic mass is 10.0. The first-order chi connectivity index (χ1) is 11.1. The van der Waals surface area contributed by atoms with E-state index in [9.17, 15) is 9.18 Å². The fraction of sp³-hybridized carbons (Fsp3) is 0.375. The molecule has 3 rings (SSSR count). The van der Waals surface area contributed by atoms with Gasteiger partial charge in [0.25, 0.3) is 5.56 Å². The van der Waals surface area contributed by atoms with Gasteiger partial charge in [-0.05, 0) is 40.9 Å². The van der Waals surface area contributed by atoms with Gasteiger partial charge in [0, 0.05) is 26.2 Å². The monoisotopic (exact) mass is 380 g/mol. The van der Waals surface area contributed by atoms with Gasteiger partial charge in [-0.1, -0.05) is 12.1 Å². The summed E-state index contributed by atoms with van der Waals surface area (Å²) < 4.78 is 15.5. The Balaban J connectivity index is 1.66. The molecule has 2 heterocycles. The van der Waals surface area contributed by atoms with E-state index in [0.717, 1.165) is 31.6 Å². The first-order valence-electron chi connectivity index (χ1n) is 7.54. The van der Waals surface area contributed by atoms with Crippen molar-refractivity contribution in [2.75, 3.05) is 23.3 Å². The van der Waals surface area contributed by atoms with Gasteiger partial charge >= 0.3 is 0 Å². The molecule has 0 amide bonds. The predicted octanol–water partition coefficient (Wildman–Crippen LogP) is 2.76. The van der Waals surface area contributed by atoms with Crippen LogP contribution < -0.4 is 15.8 Å². The highest BCUT2D eigenvalue weighted by molar-refractivity contribution is 9.10. The van der Waals surface area contributed by atoms with Crippen LogP contribution in [-0.2, 0) is 7.05 Å². The van der Waals surface area contributed by atoms with Crippen LogP contribution in [-0.4, -0.2) is 28.9 Å². The van der Waals surface area contributed by atoms with Gasteiger partial charge in [-0.2, -0.15) is 5.10 Å². The highest BCUT2D eigenvalue weighted by atomic mass is 79.9. The molecule has 122 valence electrons. The number of nitrogens with zero attached hydrogens (tertiary/aromatic N) is 3. The zero-order chi connectivity index (χ0) is 16.4. The Morgan fingerprint density at radius 2 is 2.00 bits per heavy atom. The minimum Gasteiger partial charge on any atom is -0.380 e. The van der Waals surface area contributed by atoms with Gasteiger partial charge in [0.1, 0.15) is 10.3 Å². The third-order valence-electron chi connectivity index (χ3n) is 4.13. The molecule has 23 heavy (non-hydrogen) atoms. The van der Waals surface area contributed by atoms with Crippen molar-refractivity contribution in [2.45, 2.75) is 18.9 Å². The third kappa shape index (κ3) is 3.39. The number of halogens is 2. The van der Waals surface area contributed by atoms with E-state index >= 15 is 0 Å². The molecule has 7 heteroatoms. The number of hydrogen-bond acceptors (Lipinski definition) is 4. The smallest absolute Gasteiger partial charge is 0.282 e. The molecule has 5 nitrogen and oxygen atoms in total. The molecular formula is C16H18BrFN4O. The quantitative estimate of drug-likeness (QED) is 0.889. The molecule has 0 saturated carbocycles. The minimum absolute atomic E-state index is 0.144. The van der Waals surface area contributed by atoms with Crippen LogP contribution in [0.4, 0.5) is 15.8 Å². The van der Waals surface area contributed by atoms with Gasteiger partial charge in [0.05, 0.1) is 17.6 Å². The molecular weight excluding hydrogens is 363 g/mol. The molecule has 0 atom stereocenters. The van der Waals surface area contributed by atoms with E-state index in [1.54, 1.807) is 25.4 Å². The maximum absolute atomic E-state index is 13.7. The summed E-state index contributed by atoms with van der Waals surface area (Å²) in [6, 6.07) is 6.94. The summed E-state index contributed by atoms with van der Waals surface area (Å²) in [6.45, 7) is 1.58. The highest BCUT2D eigenvalue weighted by Gasteiger charge is 2.22. The van der Waals surface area contributed by atoms with Crippen molar-refractivity contribution >= 4 is 27.3 Å². The zero-order valence-corrected chi connectivity index (χ0v) is 14.4. The number of benzene rings is 1. The van der Waals surface area contributed by atoms with Crippen molar-refractivity contribution in [1.82, 2.24) is 9.78 Å². The van der Waals surface area contributed by atoms with E-state index in [-0.39, 0.29) is 17.4 Å². The largest absolute Gasteiger partial charge is 0.380 e. The summed E-state index contributed by atoms with van der Waals surface area (Å²) in [7, 11) is 1.63. The van der Waals surface area contributed by atoms with Gasteiger partial charge in [-0.25, -0.2) is 9.07 Å². The van der Waals surface area contributed by atoms with Crippen LogP contribution in [0.3, 0.4) is 0 Å². The minimum atomic E-state index is -0.228. The van der Waals surface area contributed by atoms with Crippen molar-refractivity contribution in [1.29, 1.82) is 0 Å². The van der Waals surface area contributed by atoms with Crippen molar-refractivity contribution in [3.05, 3.63) is 51.1 Å². The molecule has 0 spiro atoms. The Kier molecular flexibility index (Phi) is 4.66. The molecule has 0 unspecified atom stereocenters. The van der Waals surface area contributed by atoms with Crippen molar-refractivity contribution in [3.63, 3.8) is 0 Å². The Labute approximate surface area is 142 Å². The molecule has 0 bridgehead atoms. The maximum Gasteiger partial charge on any atom is 0.282 e. The number of rotatable bonds is 3. The van der Waals surface area contributed by atoms with E-state index in [1.807, 2.05) is 6.07 Å². The van der Waals surface area contributed by atoms with Crippen LogP contribution in [0.2, 0.25) is 0 Å². The first kappa shape index (κ1) is 16.0. The molecule has 2 aromatic rings. The molecule has 0 radical (unpaired) electrons. The van der Waals surface area contributed by atoms with Gasteiger partial charge in [-0.3, -0.25) is 4.79 Å². The van der Waals surface area contributed by atoms with Crippen LogP contribution in [0, 0.1) is 5.82 Å². The maximum atomic E-state index is 13.7. The Morgan fingerprint density at radius 1 is 1.30 bits per heavy atom. The Hall–Kier alpha value is -1.89. The molecule has 1 aromatic carbocycles. The van der Waals surface area contributed by atoms with E-state index in [2.05, 4.69) is 31.2 Å². The summed E-state index contributed by atoms with van der Waals surface area (Å²) in [4.78, 5) is 14.1. The second-order valence-electron chi connectivity index (χ2n) is 5.66. The number of nitrogens with one attached hydrogen (secondary N) is 1. The molecule has 1 aliphatic heterocycles. The summed E-state index contributed by atoms with van der Waals surface area (Å²) in [5.74, 6) is -0.228. The average Bonchev–Trinajstić information content (AvgIpc) is 2.56. The fourth-order valence-corrected chi connectivity index (χ4v) is 3.40. The Bertz CT molecular complexity index is 756. The second kappa shape index (κ2) is 6.70. The van der Waals surface area contributed by atoms with Crippen molar-refractivity contribution in [2.24, 2.45) is 7.05 Å². The molecule has 1 saturated heterocycles.